The third-order valence-electron chi connectivity index (χ3n) is 7.51. The van der Waals surface area contributed by atoms with Crippen LogP contribution in [0.25, 0.3) is 33.7 Å². The molecule has 0 aliphatic heterocycles. The molecule has 8 nitrogen and oxygen atoms in total. The number of aliphatic hydroxyl groups excluding tert-OH is 2. The molecule has 44 heavy (non-hydrogen) atoms. The van der Waals surface area contributed by atoms with Crippen molar-refractivity contribution in [3.05, 3.63) is 105 Å². The monoisotopic (exact) mass is 610 g/mol. The fraction of sp³-hybridized carbons (Fsp3) is 0.257. The molecule has 4 N–H and O–H groups in total. The number of nitrogens with zero attached hydrogens (tertiary/aromatic N) is 2. The Labute approximate surface area is 261 Å². The Hall–Kier alpha value is -4.23. The Morgan fingerprint density at radius 3 is 2.32 bits per heavy atom. The van der Waals surface area contributed by atoms with Gasteiger partial charge in [0.05, 0.1) is 29.4 Å². The van der Waals surface area contributed by atoms with E-state index < -0.39 is 0 Å². The molecule has 0 amide bonds. The van der Waals surface area contributed by atoms with E-state index >= 15 is 0 Å². The van der Waals surface area contributed by atoms with Crippen LogP contribution in [0.2, 0.25) is 5.02 Å². The summed E-state index contributed by atoms with van der Waals surface area (Å²) in [5.41, 5.74) is 8.92. The van der Waals surface area contributed by atoms with Crippen LogP contribution >= 0.6 is 11.6 Å². The zero-order valence-electron chi connectivity index (χ0n) is 24.8. The molecule has 5 rings (SSSR count). The minimum Gasteiger partial charge on any atom is -0.489 e. The van der Waals surface area contributed by atoms with Crippen LogP contribution in [0.15, 0.2) is 71.1 Å². The Bertz CT molecular complexity index is 1810. The lowest BCUT2D eigenvalue weighted by Crippen LogP contribution is -2.17. The maximum absolute atomic E-state index is 10.3. The summed E-state index contributed by atoms with van der Waals surface area (Å²) in [6.07, 6.45) is 0. The fourth-order valence-corrected chi connectivity index (χ4v) is 5.50. The molecular formula is C35H35ClN4O4. The highest BCUT2D eigenvalue weighted by Crippen LogP contribution is 2.37. The largest absolute Gasteiger partial charge is 0.489 e. The van der Waals surface area contributed by atoms with Gasteiger partial charge in [-0.3, -0.25) is 0 Å². The Morgan fingerprint density at radius 2 is 1.59 bits per heavy atom. The van der Waals surface area contributed by atoms with Crippen molar-refractivity contribution in [2.24, 2.45) is 0 Å². The highest BCUT2D eigenvalue weighted by molar-refractivity contribution is 6.35. The first-order chi connectivity index (χ1) is 21.4. The van der Waals surface area contributed by atoms with Gasteiger partial charge in [-0.25, -0.2) is 4.98 Å². The van der Waals surface area contributed by atoms with Gasteiger partial charge in [0.25, 0.3) is 0 Å². The quantitative estimate of drug-likeness (QED) is 0.119. The van der Waals surface area contributed by atoms with Crippen LogP contribution in [0.5, 0.6) is 5.75 Å². The molecule has 0 radical (unpaired) electrons. The molecule has 0 aliphatic rings. The lowest BCUT2D eigenvalue weighted by Gasteiger charge is -2.16. The van der Waals surface area contributed by atoms with Crippen molar-refractivity contribution in [3.8, 4) is 34.4 Å². The Morgan fingerprint density at radius 1 is 0.886 bits per heavy atom. The van der Waals surface area contributed by atoms with Gasteiger partial charge in [-0.15, -0.1) is 0 Å². The number of hydrogen-bond acceptors (Lipinski definition) is 8. The summed E-state index contributed by atoms with van der Waals surface area (Å²) < 4.78 is 12.4. The third kappa shape index (κ3) is 6.94. The molecule has 0 unspecified atom stereocenters. The molecule has 4 aromatic carbocycles. The topological polar surface area (TPSA) is 124 Å². The zero-order chi connectivity index (χ0) is 31.1. The van der Waals surface area contributed by atoms with Crippen LogP contribution in [0.3, 0.4) is 0 Å². The number of rotatable bonds is 13. The summed E-state index contributed by atoms with van der Waals surface area (Å²) in [4.78, 5) is 4.66. The molecule has 0 saturated carbocycles. The standard InChI is InChI=1S/C35H35ClN4O4/c1-22-15-24(19-38-11-13-41)9-10-32(22)43-21-26-5-3-6-27(23(26)2)28-7-4-8-29(30(28)18-37)35-40-34-31(36)16-25(17-33(34)44-35)20-39-12-14-42/h3-10,15-17,38-39,41-42H,11-14,19-21H2,1-2H3. The lowest BCUT2D eigenvalue weighted by molar-refractivity contribution is 0.291. The van der Waals surface area contributed by atoms with Gasteiger partial charge in [0, 0.05) is 31.7 Å². The molecule has 1 heterocycles. The average Bonchev–Trinajstić information content (AvgIpc) is 3.46. The number of nitriles is 1. The number of benzene rings is 4. The summed E-state index contributed by atoms with van der Waals surface area (Å²) in [7, 11) is 0. The number of nitrogens with one attached hydrogen (secondary N) is 2. The van der Waals surface area contributed by atoms with E-state index in [0.717, 1.165) is 44.7 Å². The fourth-order valence-electron chi connectivity index (χ4n) is 5.23. The van der Waals surface area contributed by atoms with E-state index in [0.29, 0.717) is 65.9 Å². The van der Waals surface area contributed by atoms with Gasteiger partial charge in [-0.05, 0) is 71.5 Å². The molecule has 5 aromatic rings. The maximum Gasteiger partial charge on any atom is 0.228 e. The van der Waals surface area contributed by atoms with Crippen molar-refractivity contribution >= 4 is 22.7 Å². The van der Waals surface area contributed by atoms with Crippen LogP contribution < -0.4 is 15.4 Å². The number of aliphatic hydroxyl groups is 2. The molecule has 0 aliphatic carbocycles. The maximum atomic E-state index is 10.3. The van der Waals surface area contributed by atoms with Gasteiger partial charge in [-0.1, -0.05) is 54.1 Å². The zero-order valence-corrected chi connectivity index (χ0v) is 25.5. The molecule has 0 spiro atoms. The van der Waals surface area contributed by atoms with Crippen LogP contribution in [0.4, 0.5) is 0 Å². The first-order valence-corrected chi connectivity index (χ1v) is 14.9. The summed E-state index contributed by atoms with van der Waals surface area (Å²) in [6.45, 7) is 6.83. The number of fused-ring (bicyclic) bond motifs is 1. The van der Waals surface area contributed by atoms with E-state index in [2.05, 4.69) is 27.8 Å². The number of halogens is 1. The third-order valence-corrected chi connectivity index (χ3v) is 7.80. The molecule has 0 bridgehead atoms. The molecule has 0 saturated heterocycles. The van der Waals surface area contributed by atoms with Gasteiger partial charge < -0.3 is 30.0 Å². The summed E-state index contributed by atoms with van der Waals surface area (Å²) >= 11 is 6.54. The first-order valence-electron chi connectivity index (χ1n) is 14.5. The van der Waals surface area contributed by atoms with Gasteiger partial charge in [0.15, 0.2) is 5.58 Å². The first kappa shape index (κ1) is 31.2. The highest BCUT2D eigenvalue weighted by Gasteiger charge is 2.19. The average molecular weight is 611 g/mol. The Balaban J connectivity index is 1.41. The number of oxazole rings is 1. The SMILES string of the molecule is Cc1cc(CNCCO)ccc1OCc1cccc(-c2cccc(-c3nc4c(Cl)cc(CNCCO)cc4o3)c2C#N)c1C. The Kier molecular flexibility index (Phi) is 10.3. The van der Waals surface area contributed by atoms with Crippen LogP contribution in [-0.2, 0) is 19.7 Å². The minimum atomic E-state index is 0.0456. The van der Waals surface area contributed by atoms with Crippen molar-refractivity contribution in [3.63, 3.8) is 0 Å². The normalized spacial score (nSPS) is 11.2. The number of ether oxygens (including phenoxy) is 1. The highest BCUT2D eigenvalue weighted by atomic mass is 35.5. The lowest BCUT2D eigenvalue weighted by atomic mass is 9.91. The van der Waals surface area contributed by atoms with Gasteiger partial charge in [0.2, 0.25) is 5.89 Å². The van der Waals surface area contributed by atoms with Gasteiger partial charge in [0.1, 0.15) is 23.9 Å². The van der Waals surface area contributed by atoms with E-state index in [1.165, 1.54) is 0 Å². The van der Waals surface area contributed by atoms with Crippen LogP contribution in [0, 0.1) is 25.2 Å². The van der Waals surface area contributed by atoms with E-state index in [1.54, 1.807) is 0 Å². The molecule has 226 valence electrons. The second kappa shape index (κ2) is 14.5. The molecular weight excluding hydrogens is 576 g/mol. The number of hydrogen-bond donors (Lipinski definition) is 4. The van der Waals surface area contributed by atoms with Gasteiger partial charge in [-0.2, -0.15) is 5.26 Å². The second-order valence-corrected chi connectivity index (χ2v) is 11.0. The molecule has 0 atom stereocenters. The van der Waals surface area contributed by atoms with Crippen molar-refractivity contribution in [1.29, 1.82) is 5.26 Å². The predicted octanol–water partition coefficient (Wildman–Crippen LogP) is 6.05. The number of aryl methyl sites for hydroxylation is 1. The van der Waals surface area contributed by atoms with Crippen molar-refractivity contribution in [1.82, 2.24) is 15.6 Å². The van der Waals surface area contributed by atoms with Crippen molar-refractivity contribution in [2.75, 3.05) is 26.3 Å². The van der Waals surface area contributed by atoms with E-state index in [-0.39, 0.29) is 13.2 Å². The van der Waals surface area contributed by atoms with E-state index in [4.69, 9.17) is 31.0 Å². The predicted molar refractivity (Wildman–Crippen MR) is 172 cm³/mol. The molecule has 0 fully saturated rings. The van der Waals surface area contributed by atoms with Crippen molar-refractivity contribution in [2.45, 2.75) is 33.5 Å². The summed E-state index contributed by atoms with van der Waals surface area (Å²) in [5.74, 6) is 1.13. The van der Waals surface area contributed by atoms with Crippen molar-refractivity contribution < 1.29 is 19.4 Å². The van der Waals surface area contributed by atoms with E-state index in [9.17, 15) is 5.26 Å². The van der Waals surface area contributed by atoms with Crippen LogP contribution in [-0.4, -0.2) is 41.5 Å². The summed E-state index contributed by atoms with van der Waals surface area (Å²) in [5, 5.41) is 35.2. The minimum absolute atomic E-state index is 0.0456. The number of aromatic nitrogens is 1. The summed E-state index contributed by atoms with van der Waals surface area (Å²) in [6, 6.07) is 23.8. The van der Waals surface area contributed by atoms with Crippen LogP contribution in [0.1, 0.15) is 33.4 Å². The van der Waals surface area contributed by atoms with E-state index in [1.807, 2.05) is 74.5 Å². The smallest absolute Gasteiger partial charge is 0.228 e. The molecule has 9 heteroatoms. The molecule has 1 aromatic heterocycles. The van der Waals surface area contributed by atoms with Gasteiger partial charge >= 0.3 is 0 Å². The second-order valence-electron chi connectivity index (χ2n) is 10.6.